The Morgan fingerprint density at radius 3 is 2.64 bits per heavy atom. The lowest BCUT2D eigenvalue weighted by Crippen LogP contribution is -2.36. The van der Waals surface area contributed by atoms with Crippen molar-refractivity contribution < 1.29 is 0 Å². The summed E-state index contributed by atoms with van der Waals surface area (Å²) in [5, 5.41) is 3.35. The van der Waals surface area contributed by atoms with Crippen molar-refractivity contribution in [3.05, 3.63) is 0 Å². The second-order valence-electron chi connectivity index (χ2n) is 4.22. The van der Waals surface area contributed by atoms with E-state index in [1.54, 1.807) is 0 Å². The summed E-state index contributed by atoms with van der Waals surface area (Å²) in [6, 6.07) is 0.757. The van der Waals surface area contributed by atoms with E-state index in [4.69, 9.17) is 0 Å². The Morgan fingerprint density at radius 1 is 1.45 bits per heavy atom. The van der Waals surface area contributed by atoms with Gasteiger partial charge >= 0.3 is 0 Å². The highest BCUT2D eigenvalue weighted by atomic mass is 15.3. The molecule has 0 bridgehead atoms. The summed E-state index contributed by atoms with van der Waals surface area (Å²) in [6.07, 6.45) is 4.18. The highest BCUT2D eigenvalue weighted by molar-refractivity contribution is 5.02. The van der Waals surface area contributed by atoms with E-state index in [0.717, 1.165) is 6.04 Å². The lowest BCUT2D eigenvalue weighted by molar-refractivity contribution is 0.234. The topological polar surface area (TPSA) is 15.3 Å². The van der Waals surface area contributed by atoms with Crippen LogP contribution in [0, 0.1) is 0 Å². The molecule has 1 saturated heterocycles. The zero-order valence-electron chi connectivity index (χ0n) is 7.56. The molecule has 64 valence electrons. The van der Waals surface area contributed by atoms with E-state index in [2.05, 4.69) is 24.2 Å². The van der Waals surface area contributed by atoms with Gasteiger partial charge in [-0.3, -0.25) is 4.90 Å². The number of nitrogens with zero attached hydrogens (tertiary/aromatic N) is 1. The fourth-order valence-electron chi connectivity index (χ4n) is 1.98. The molecule has 2 fully saturated rings. The molecule has 1 atom stereocenters. The highest BCUT2D eigenvalue weighted by Gasteiger charge is 2.45. The summed E-state index contributed by atoms with van der Waals surface area (Å²) < 4.78 is 0. The van der Waals surface area contributed by atoms with Gasteiger partial charge in [0.25, 0.3) is 0 Å². The Bertz CT molecular complexity index is 152. The average Bonchev–Trinajstić information content (AvgIpc) is 2.61. The fourth-order valence-corrected chi connectivity index (χ4v) is 1.98. The number of hydrogen-bond acceptors (Lipinski definition) is 2. The molecule has 0 aromatic carbocycles. The molecule has 1 N–H and O–H groups in total. The van der Waals surface area contributed by atoms with Crippen LogP contribution in [0.3, 0.4) is 0 Å². The molecule has 2 rings (SSSR count). The first kappa shape index (κ1) is 7.56. The molecule has 0 spiro atoms. The lowest BCUT2D eigenvalue weighted by atomic mass is 10.3. The van der Waals surface area contributed by atoms with Crippen LogP contribution in [0.25, 0.3) is 0 Å². The van der Waals surface area contributed by atoms with Gasteiger partial charge in [0.15, 0.2) is 0 Å². The molecule has 1 aliphatic carbocycles. The zero-order valence-corrected chi connectivity index (χ0v) is 7.56. The van der Waals surface area contributed by atoms with Crippen LogP contribution in [-0.4, -0.2) is 36.6 Å². The van der Waals surface area contributed by atoms with Crippen molar-refractivity contribution in [2.75, 3.05) is 20.1 Å². The smallest absolute Gasteiger partial charge is 0.0204 e. The third-order valence-electron chi connectivity index (χ3n) is 3.33. The van der Waals surface area contributed by atoms with Gasteiger partial charge in [-0.1, -0.05) is 0 Å². The lowest BCUT2D eigenvalue weighted by Gasteiger charge is -2.23. The van der Waals surface area contributed by atoms with Crippen LogP contribution in [0.5, 0.6) is 0 Å². The van der Waals surface area contributed by atoms with Crippen LogP contribution in [-0.2, 0) is 0 Å². The van der Waals surface area contributed by atoms with E-state index in [1.165, 1.54) is 32.4 Å². The Kier molecular flexibility index (Phi) is 1.69. The normalized spacial score (nSPS) is 36.0. The average molecular weight is 154 g/mol. The summed E-state index contributed by atoms with van der Waals surface area (Å²) in [5.41, 5.74) is 0.603. The fraction of sp³-hybridized carbons (Fsp3) is 1.00. The maximum Gasteiger partial charge on any atom is 0.0204 e. The molecule has 0 amide bonds. The van der Waals surface area contributed by atoms with Crippen LogP contribution in [0.15, 0.2) is 0 Å². The standard InChI is InChI=1S/C9H18N2/c1-9(4-5-9)11-6-3-8(7-11)10-2/h8,10H,3-7H2,1-2H3. The van der Waals surface area contributed by atoms with Crippen molar-refractivity contribution >= 4 is 0 Å². The molecule has 11 heavy (non-hydrogen) atoms. The Hall–Kier alpha value is -0.0800. The van der Waals surface area contributed by atoms with Crippen molar-refractivity contribution in [2.45, 2.75) is 37.8 Å². The van der Waals surface area contributed by atoms with Gasteiger partial charge in [0, 0.05) is 24.7 Å². The summed E-state index contributed by atoms with van der Waals surface area (Å²) in [4.78, 5) is 2.65. The molecule has 2 nitrogen and oxygen atoms in total. The molecule has 2 aliphatic rings. The maximum atomic E-state index is 3.35. The molecule has 0 aromatic heterocycles. The molecule has 2 heteroatoms. The SMILES string of the molecule is CNC1CCN(C2(C)CC2)C1. The van der Waals surface area contributed by atoms with Gasteiger partial charge in [-0.15, -0.1) is 0 Å². The van der Waals surface area contributed by atoms with Crippen molar-refractivity contribution in [3.8, 4) is 0 Å². The van der Waals surface area contributed by atoms with Gasteiger partial charge < -0.3 is 5.32 Å². The number of likely N-dealkylation sites (N-methyl/N-ethyl adjacent to an activating group) is 1. The first-order valence-corrected chi connectivity index (χ1v) is 4.67. The predicted molar refractivity (Wildman–Crippen MR) is 46.7 cm³/mol. The van der Waals surface area contributed by atoms with E-state index in [0.29, 0.717) is 5.54 Å². The highest BCUT2D eigenvalue weighted by Crippen LogP contribution is 2.42. The Balaban J connectivity index is 1.89. The number of nitrogens with one attached hydrogen (secondary N) is 1. The van der Waals surface area contributed by atoms with E-state index in [-0.39, 0.29) is 0 Å². The van der Waals surface area contributed by atoms with Crippen molar-refractivity contribution in [1.82, 2.24) is 10.2 Å². The molecule has 1 heterocycles. The van der Waals surface area contributed by atoms with Gasteiger partial charge in [-0.05, 0) is 33.2 Å². The van der Waals surface area contributed by atoms with Crippen LogP contribution >= 0.6 is 0 Å². The minimum atomic E-state index is 0.603. The molecular weight excluding hydrogens is 136 g/mol. The monoisotopic (exact) mass is 154 g/mol. The minimum Gasteiger partial charge on any atom is -0.316 e. The van der Waals surface area contributed by atoms with Gasteiger partial charge in [0.05, 0.1) is 0 Å². The third-order valence-corrected chi connectivity index (χ3v) is 3.33. The molecule has 1 saturated carbocycles. The predicted octanol–water partition coefficient (Wildman–Crippen LogP) is 0.833. The largest absolute Gasteiger partial charge is 0.316 e. The molecule has 1 aliphatic heterocycles. The second kappa shape index (κ2) is 2.46. The van der Waals surface area contributed by atoms with E-state index in [1.807, 2.05) is 0 Å². The van der Waals surface area contributed by atoms with E-state index >= 15 is 0 Å². The summed E-state index contributed by atoms with van der Waals surface area (Å²) in [5.74, 6) is 0. The van der Waals surface area contributed by atoms with Gasteiger partial charge in [0.1, 0.15) is 0 Å². The van der Waals surface area contributed by atoms with E-state index in [9.17, 15) is 0 Å². The summed E-state index contributed by atoms with van der Waals surface area (Å²) in [6.45, 7) is 4.97. The first-order chi connectivity index (χ1) is 5.24. The molecular formula is C9H18N2. The maximum absolute atomic E-state index is 3.35. The second-order valence-corrected chi connectivity index (χ2v) is 4.22. The van der Waals surface area contributed by atoms with Crippen LogP contribution < -0.4 is 5.32 Å². The Labute approximate surface area is 69.0 Å². The summed E-state index contributed by atoms with van der Waals surface area (Å²) in [7, 11) is 2.07. The number of hydrogen-bond donors (Lipinski definition) is 1. The molecule has 0 radical (unpaired) electrons. The summed E-state index contributed by atoms with van der Waals surface area (Å²) >= 11 is 0. The van der Waals surface area contributed by atoms with Crippen molar-refractivity contribution in [2.24, 2.45) is 0 Å². The van der Waals surface area contributed by atoms with Crippen LogP contribution in [0.2, 0.25) is 0 Å². The minimum absolute atomic E-state index is 0.603. The molecule has 1 unspecified atom stereocenters. The van der Waals surface area contributed by atoms with Crippen LogP contribution in [0.4, 0.5) is 0 Å². The van der Waals surface area contributed by atoms with Gasteiger partial charge in [0.2, 0.25) is 0 Å². The first-order valence-electron chi connectivity index (χ1n) is 4.67. The van der Waals surface area contributed by atoms with Gasteiger partial charge in [-0.2, -0.15) is 0 Å². The van der Waals surface area contributed by atoms with Crippen molar-refractivity contribution in [3.63, 3.8) is 0 Å². The molecule has 0 aromatic rings. The van der Waals surface area contributed by atoms with E-state index < -0.39 is 0 Å². The Morgan fingerprint density at radius 2 is 2.18 bits per heavy atom. The van der Waals surface area contributed by atoms with Gasteiger partial charge in [-0.25, -0.2) is 0 Å². The van der Waals surface area contributed by atoms with Crippen LogP contribution in [0.1, 0.15) is 26.2 Å². The number of likely N-dealkylation sites (tertiary alicyclic amines) is 1. The number of rotatable bonds is 2. The zero-order chi connectivity index (χ0) is 7.90. The third kappa shape index (κ3) is 1.30. The van der Waals surface area contributed by atoms with Crippen molar-refractivity contribution in [1.29, 1.82) is 0 Å². The quantitative estimate of drug-likeness (QED) is 0.634.